The number of carbonyl (C=O) groups excluding carboxylic acids is 1. The van der Waals surface area contributed by atoms with Crippen molar-refractivity contribution >= 4 is 12.0 Å². The number of carbonyl (C=O) groups is 1. The van der Waals surface area contributed by atoms with E-state index in [0.717, 1.165) is 11.1 Å². The largest absolute Gasteiger partial charge is 0.457 e. The first-order valence-corrected chi connectivity index (χ1v) is 3.74. The van der Waals surface area contributed by atoms with Crippen LogP contribution in [0, 0.1) is 0 Å². The van der Waals surface area contributed by atoms with Gasteiger partial charge in [0.25, 0.3) is 0 Å². The molecule has 2 nitrogen and oxygen atoms in total. The highest BCUT2D eigenvalue weighted by Crippen LogP contribution is 2.23. The Kier molecular flexibility index (Phi) is 1.47. The molecule has 0 aromatic heterocycles. The van der Waals surface area contributed by atoms with Gasteiger partial charge in [0.2, 0.25) is 0 Å². The predicted octanol–water partition coefficient (Wildman–Crippen LogP) is 2.00. The summed E-state index contributed by atoms with van der Waals surface area (Å²) < 4.78 is 4.88. The van der Waals surface area contributed by atoms with Gasteiger partial charge in [-0.1, -0.05) is 24.8 Å². The van der Waals surface area contributed by atoms with Crippen molar-refractivity contribution in [3.8, 4) is 0 Å². The van der Waals surface area contributed by atoms with Gasteiger partial charge in [-0.15, -0.1) is 0 Å². The fraction of sp³-hybridized carbons (Fsp3) is 0.100. The molecule has 0 N–H and O–H groups in total. The van der Waals surface area contributed by atoms with Crippen molar-refractivity contribution in [1.29, 1.82) is 0 Å². The van der Waals surface area contributed by atoms with Crippen LogP contribution in [-0.2, 0) is 11.3 Å². The van der Waals surface area contributed by atoms with Crippen LogP contribution in [0.25, 0.3) is 6.08 Å². The normalized spacial score (nSPS) is 13.8. The lowest BCUT2D eigenvalue weighted by atomic mass is 10.0. The van der Waals surface area contributed by atoms with E-state index in [1.807, 2.05) is 12.1 Å². The zero-order chi connectivity index (χ0) is 8.55. The maximum atomic E-state index is 11.1. The van der Waals surface area contributed by atoms with E-state index in [9.17, 15) is 4.79 Å². The van der Waals surface area contributed by atoms with Crippen molar-refractivity contribution in [3.05, 3.63) is 41.5 Å². The van der Waals surface area contributed by atoms with Crippen LogP contribution in [-0.4, -0.2) is 5.97 Å². The number of benzene rings is 1. The maximum absolute atomic E-state index is 11.1. The Morgan fingerprint density at radius 1 is 1.50 bits per heavy atom. The van der Waals surface area contributed by atoms with Gasteiger partial charge < -0.3 is 4.74 Å². The third-order valence-electron chi connectivity index (χ3n) is 2.00. The van der Waals surface area contributed by atoms with Gasteiger partial charge in [0.1, 0.15) is 6.61 Å². The number of rotatable bonds is 1. The minimum absolute atomic E-state index is 0.228. The summed E-state index contributed by atoms with van der Waals surface area (Å²) in [6, 6.07) is 5.54. The smallest absolute Gasteiger partial charge is 0.338 e. The molecule has 0 radical (unpaired) electrons. The third kappa shape index (κ3) is 0.848. The highest BCUT2D eigenvalue weighted by molar-refractivity contribution is 5.94. The van der Waals surface area contributed by atoms with Gasteiger partial charge in [0.05, 0.1) is 5.56 Å². The standard InChI is InChI=1S/C10H8O2/c1-2-7-4-3-5-8-9(7)6-12-10(8)11/h2-5H,1,6H2. The molecule has 0 saturated carbocycles. The van der Waals surface area contributed by atoms with Crippen molar-refractivity contribution in [2.24, 2.45) is 0 Å². The van der Waals surface area contributed by atoms with E-state index < -0.39 is 0 Å². The Labute approximate surface area is 70.5 Å². The second kappa shape index (κ2) is 2.48. The SMILES string of the molecule is C=Cc1cccc2c1COC2=O. The molecule has 0 aliphatic carbocycles. The molecule has 2 heteroatoms. The van der Waals surface area contributed by atoms with Crippen LogP contribution >= 0.6 is 0 Å². The van der Waals surface area contributed by atoms with E-state index in [-0.39, 0.29) is 5.97 Å². The van der Waals surface area contributed by atoms with Crippen LogP contribution in [0.5, 0.6) is 0 Å². The lowest BCUT2D eigenvalue weighted by molar-refractivity contribution is 0.0535. The zero-order valence-electron chi connectivity index (χ0n) is 6.54. The first kappa shape index (κ1) is 7.10. The molecule has 0 atom stereocenters. The van der Waals surface area contributed by atoms with Gasteiger partial charge in [0, 0.05) is 5.56 Å². The highest BCUT2D eigenvalue weighted by Gasteiger charge is 2.21. The van der Waals surface area contributed by atoms with Crippen molar-refractivity contribution in [2.45, 2.75) is 6.61 Å². The summed E-state index contributed by atoms with van der Waals surface area (Å²) in [6.07, 6.45) is 1.74. The maximum Gasteiger partial charge on any atom is 0.338 e. The Morgan fingerprint density at radius 2 is 2.33 bits per heavy atom. The third-order valence-corrected chi connectivity index (χ3v) is 2.00. The summed E-state index contributed by atoms with van der Waals surface area (Å²) in [5.41, 5.74) is 2.61. The molecule has 0 saturated heterocycles. The van der Waals surface area contributed by atoms with Gasteiger partial charge in [-0.2, -0.15) is 0 Å². The average Bonchev–Trinajstić information content (AvgIpc) is 2.48. The second-order valence-electron chi connectivity index (χ2n) is 2.65. The van der Waals surface area contributed by atoms with Crippen LogP contribution in [0.1, 0.15) is 21.5 Å². The number of cyclic esters (lactones) is 1. The minimum atomic E-state index is -0.228. The van der Waals surface area contributed by atoms with E-state index in [1.54, 1.807) is 12.1 Å². The van der Waals surface area contributed by atoms with Gasteiger partial charge in [-0.25, -0.2) is 4.79 Å². The topological polar surface area (TPSA) is 26.3 Å². The molecule has 1 heterocycles. The van der Waals surface area contributed by atoms with Crippen LogP contribution in [0.2, 0.25) is 0 Å². The zero-order valence-corrected chi connectivity index (χ0v) is 6.54. The highest BCUT2D eigenvalue weighted by atomic mass is 16.5. The lowest BCUT2D eigenvalue weighted by Crippen LogP contribution is -1.92. The molecule has 0 spiro atoms. The monoisotopic (exact) mass is 160 g/mol. The fourth-order valence-corrected chi connectivity index (χ4v) is 1.36. The molecule has 0 amide bonds. The first-order valence-electron chi connectivity index (χ1n) is 3.74. The molecule has 1 aliphatic heterocycles. The number of hydrogen-bond donors (Lipinski definition) is 0. The molecule has 0 unspecified atom stereocenters. The van der Waals surface area contributed by atoms with E-state index in [0.29, 0.717) is 12.2 Å². The molecule has 1 aromatic rings. The molecule has 0 fully saturated rings. The van der Waals surface area contributed by atoms with Crippen molar-refractivity contribution in [2.75, 3.05) is 0 Å². The first-order chi connectivity index (χ1) is 5.83. The molecular weight excluding hydrogens is 152 g/mol. The lowest BCUT2D eigenvalue weighted by Gasteiger charge is -1.97. The molecule has 1 aliphatic rings. The Balaban J connectivity index is 2.65. The van der Waals surface area contributed by atoms with E-state index >= 15 is 0 Å². The predicted molar refractivity (Wildman–Crippen MR) is 45.7 cm³/mol. The van der Waals surface area contributed by atoms with Gasteiger partial charge in [-0.05, 0) is 11.6 Å². The Morgan fingerprint density at radius 3 is 3.08 bits per heavy atom. The summed E-state index contributed by atoms with van der Waals surface area (Å²) in [4.78, 5) is 11.1. The van der Waals surface area contributed by atoms with Crippen molar-refractivity contribution in [3.63, 3.8) is 0 Å². The van der Waals surface area contributed by atoms with Gasteiger partial charge in [-0.3, -0.25) is 0 Å². The second-order valence-corrected chi connectivity index (χ2v) is 2.65. The summed E-state index contributed by atoms with van der Waals surface area (Å²) in [5.74, 6) is -0.228. The molecule has 12 heavy (non-hydrogen) atoms. The van der Waals surface area contributed by atoms with Gasteiger partial charge >= 0.3 is 5.97 Å². The molecule has 2 rings (SSSR count). The molecule has 60 valence electrons. The van der Waals surface area contributed by atoms with E-state index in [4.69, 9.17) is 4.74 Å². The summed E-state index contributed by atoms with van der Waals surface area (Å²) in [7, 11) is 0. The van der Waals surface area contributed by atoms with Crippen LogP contribution in [0.15, 0.2) is 24.8 Å². The summed E-state index contributed by atoms with van der Waals surface area (Å²) >= 11 is 0. The fourth-order valence-electron chi connectivity index (χ4n) is 1.36. The molecule has 1 aromatic carbocycles. The number of fused-ring (bicyclic) bond motifs is 1. The Bertz CT molecular complexity index is 353. The van der Waals surface area contributed by atoms with Crippen LogP contribution in [0.3, 0.4) is 0 Å². The van der Waals surface area contributed by atoms with Crippen molar-refractivity contribution < 1.29 is 9.53 Å². The minimum Gasteiger partial charge on any atom is -0.457 e. The Hall–Kier alpha value is -1.57. The summed E-state index contributed by atoms with van der Waals surface area (Å²) in [5, 5.41) is 0. The van der Waals surface area contributed by atoms with Crippen LogP contribution < -0.4 is 0 Å². The van der Waals surface area contributed by atoms with Crippen LogP contribution in [0.4, 0.5) is 0 Å². The van der Waals surface area contributed by atoms with E-state index in [2.05, 4.69) is 6.58 Å². The average molecular weight is 160 g/mol. The number of ether oxygens (including phenoxy) is 1. The van der Waals surface area contributed by atoms with E-state index in [1.165, 1.54) is 0 Å². The number of esters is 1. The molecular formula is C10H8O2. The quantitative estimate of drug-likeness (QED) is 0.587. The number of hydrogen-bond acceptors (Lipinski definition) is 2. The molecule has 0 bridgehead atoms. The summed E-state index contributed by atoms with van der Waals surface area (Å²) in [6.45, 7) is 4.05. The van der Waals surface area contributed by atoms with Crippen molar-refractivity contribution in [1.82, 2.24) is 0 Å². The van der Waals surface area contributed by atoms with Gasteiger partial charge in [0.15, 0.2) is 0 Å².